The van der Waals surface area contributed by atoms with Crippen LogP contribution in [0.3, 0.4) is 0 Å². The first-order valence-corrected chi connectivity index (χ1v) is 5.41. The molecule has 0 N–H and O–H groups in total. The number of esters is 1. The summed E-state index contributed by atoms with van der Waals surface area (Å²) in [4.78, 5) is 24.4. The number of nitrogens with zero attached hydrogens (tertiary/aromatic N) is 1. The third kappa shape index (κ3) is 3.59. The van der Waals surface area contributed by atoms with Gasteiger partial charge in [0.2, 0.25) is 5.91 Å². The molecule has 1 unspecified atom stereocenters. The van der Waals surface area contributed by atoms with Crippen LogP contribution in [-0.4, -0.2) is 37.0 Å². The van der Waals surface area contributed by atoms with Crippen LogP contribution < -0.4 is 0 Å². The second-order valence-electron chi connectivity index (χ2n) is 3.86. The molecule has 0 radical (unpaired) electrons. The van der Waals surface area contributed by atoms with Crippen molar-refractivity contribution in [2.24, 2.45) is 0 Å². The van der Waals surface area contributed by atoms with E-state index in [2.05, 4.69) is 0 Å². The van der Waals surface area contributed by atoms with Crippen LogP contribution in [0.4, 0.5) is 0 Å². The van der Waals surface area contributed by atoms with Gasteiger partial charge < -0.3 is 9.64 Å². The van der Waals surface area contributed by atoms with Gasteiger partial charge in [0.15, 0.2) is 0 Å². The van der Waals surface area contributed by atoms with E-state index in [1.54, 1.807) is 7.05 Å². The van der Waals surface area contributed by atoms with Gasteiger partial charge >= 0.3 is 5.97 Å². The predicted molar refractivity (Wildman–Crippen MR) is 64.4 cm³/mol. The van der Waals surface area contributed by atoms with E-state index in [1.165, 1.54) is 18.9 Å². The first kappa shape index (κ1) is 13.2. The van der Waals surface area contributed by atoms with Crippen molar-refractivity contribution in [2.75, 3.05) is 14.2 Å². The largest absolute Gasteiger partial charge is 0.467 e. The van der Waals surface area contributed by atoms with Crippen LogP contribution in [-0.2, 0) is 20.7 Å². The Morgan fingerprint density at radius 1 is 1.29 bits per heavy atom. The van der Waals surface area contributed by atoms with E-state index < -0.39 is 12.0 Å². The Bertz CT molecular complexity index is 389. The summed E-state index contributed by atoms with van der Waals surface area (Å²) in [7, 11) is 2.93. The topological polar surface area (TPSA) is 46.6 Å². The number of carbonyl (C=O) groups is 2. The van der Waals surface area contributed by atoms with Gasteiger partial charge in [0.25, 0.3) is 0 Å². The molecular weight excluding hydrogens is 218 g/mol. The molecule has 0 heterocycles. The maximum absolute atomic E-state index is 11.6. The van der Waals surface area contributed by atoms with Gasteiger partial charge in [-0.3, -0.25) is 4.79 Å². The molecule has 1 rings (SSSR count). The minimum Gasteiger partial charge on any atom is -0.467 e. The third-order valence-corrected chi connectivity index (χ3v) is 2.71. The number of carbonyl (C=O) groups excluding carboxylic acids is 2. The number of hydrogen-bond donors (Lipinski definition) is 0. The van der Waals surface area contributed by atoms with E-state index in [9.17, 15) is 9.59 Å². The lowest BCUT2D eigenvalue weighted by atomic mass is 10.1. The molecule has 92 valence electrons. The van der Waals surface area contributed by atoms with Gasteiger partial charge in [-0.25, -0.2) is 4.79 Å². The molecule has 0 saturated heterocycles. The average Bonchev–Trinajstić information content (AvgIpc) is 2.35. The Labute approximate surface area is 101 Å². The number of hydrogen-bond acceptors (Lipinski definition) is 3. The molecule has 0 aliphatic heterocycles. The molecule has 0 aliphatic rings. The van der Waals surface area contributed by atoms with E-state index in [0.717, 1.165) is 5.56 Å². The van der Waals surface area contributed by atoms with Gasteiger partial charge in [0.1, 0.15) is 6.04 Å². The van der Waals surface area contributed by atoms with Crippen molar-refractivity contribution in [1.82, 2.24) is 4.90 Å². The van der Waals surface area contributed by atoms with Crippen molar-refractivity contribution in [3.63, 3.8) is 0 Å². The highest BCUT2D eigenvalue weighted by Gasteiger charge is 2.25. The monoisotopic (exact) mass is 235 g/mol. The molecule has 17 heavy (non-hydrogen) atoms. The fraction of sp³-hybridized carbons (Fsp3) is 0.385. The van der Waals surface area contributed by atoms with Crippen molar-refractivity contribution < 1.29 is 14.3 Å². The van der Waals surface area contributed by atoms with Crippen molar-refractivity contribution in [3.8, 4) is 0 Å². The molecule has 4 heteroatoms. The van der Waals surface area contributed by atoms with Crippen molar-refractivity contribution >= 4 is 11.9 Å². The van der Waals surface area contributed by atoms with Crippen molar-refractivity contribution in [3.05, 3.63) is 35.9 Å². The molecule has 0 fully saturated rings. The van der Waals surface area contributed by atoms with Crippen LogP contribution >= 0.6 is 0 Å². The fourth-order valence-electron chi connectivity index (χ4n) is 1.57. The van der Waals surface area contributed by atoms with Gasteiger partial charge in [-0.15, -0.1) is 0 Å². The summed E-state index contributed by atoms with van der Waals surface area (Å²) in [5, 5.41) is 0. The number of likely N-dealkylation sites (N-methyl/N-ethyl adjacent to an activating group) is 1. The van der Waals surface area contributed by atoms with Crippen LogP contribution in [0.1, 0.15) is 12.5 Å². The van der Waals surface area contributed by atoms with Gasteiger partial charge in [-0.2, -0.15) is 0 Å². The summed E-state index contributed by atoms with van der Waals surface area (Å²) in [6.45, 7) is 1.43. The lowest BCUT2D eigenvalue weighted by Gasteiger charge is -2.24. The first-order chi connectivity index (χ1) is 8.06. The van der Waals surface area contributed by atoms with E-state index >= 15 is 0 Å². The fourth-order valence-corrected chi connectivity index (χ4v) is 1.57. The maximum atomic E-state index is 11.6. The van der Waals surface area contributed by atoms with E-state index in [4.69, 9.17) is 4.74 Å². The number of methoxy groups -OCH3 is 1. The number of benzene rings is 1. The Kier molecular flexibility index (Phi) is 4.69. The molecule has 1 aromatic rings. The number of amides is 1. The summed E-state index contributed by atoms with van der Waals surface area (Å²) in [6, 6.07) is 8.98. The maximum Gasteiger partial charge on any atom is 0.328 e. The summed E-state index contributed by atoms with van der Waals surface area (Å²) < 4.78 is 4.72. The molecule has 1 amide bonds. The Hall–Kier alpha value is -1.84. The lowest BCUT2D eigenvalue weighted by molar-refractivity contribution is -0.151. The molecule has 0 aliphatic carbocycles. The second kappa shape index (κ2) is 6.03. The van der Waals surface area contributed by atoms with Gasteiger partial charge in [0, 0.05) is 20.4 Å². The Morgan fingerprint density at radius 2 is 1.88 bits per heavy atom. The molecular formula is C13H17NO3. The Morgan fingerprint density at radius 3 is 2.35 bits per heavy atom. The van der Waals surface area contributed by atoms with Gasteiger partial charge in [0.05, 0.1) is 7.11 Å². The third-order valence-electron chi connectivity index (χ3n) is 2.71. The normalized spacial score (nSPS) is 11.7. The summed E-state index contributed by atoms with van der Waals surface area (Å²) in [5.41, 5.74) is 0.996. The summed E-state index contributed by atoms with van der Waals surface area (Å²) >= 11 is 0. The molecule has 0 spiro atoms. The van der Waals surface area contributed by atoms with Crippen molar-refractivity contribution in [2.45, 2.75) is 19.4 Å². The zero-order valence-electron chi connectivity index (χ0n) is 10.3. The van der Waals surface area contributed by atoms with Crippen LogP contribution in [0.15, 0.2) is 30.3 Å². The zero-order chi connectivity index (χ0) is 12.8. The highest BCUT2D eigenvalue weighted by molar-refractivity contribution is 5.83. The zero-order valence-corrected chi connectivity index (χ0v) is 10.3. The van der Waals surface area contributed by atoms with Gasteiger partial charge in [-0.1, -0.05) is 30.3 Å². The average molecular weight is 235 g/mol. The molecule has 1 atom stereocenters. The first-order valence-electron chi connectivity index (χ1n) is 5.41. The molecule has 1 aromatic carbocycles. The standard InChI is InChI=1S/C13H17NO3/c1-10(15)14(2)12(13(16)17-3)9-11-7-5-4-6-8-11/h4-8,12H,9H2,1-3H3. The van der Waals surface area contributed by atoms with Crippen molar-refractivity contribution in [1.29, 1.82) is 0 Å². The predicted octanol–water partition coefficient (Wildman–Crippen LogP) is 1.25. The Balaban J connectivity index is 2.85. The van der Waals surface area contributed by atoms with E-state index in [-0.39, 0.29) is 5.91 Å². The highest BCUT2D eigenvalue weighted by Crippen LogP contribution is 2.09. The SMILES string of the molecule is COC(=O)C(Cc1ccccc1)N(C)C(C)=O. The number of rotatable bonds is 4. The van der Waals surface area contributed by atoms with Crippen LogP contribution in [0, 0.1) is 0 Å². The molecule has 0 bridgehead atoms. The van der Waals surface area contributed by atoms with Gasteiger partial charge in [-0.05, 0) is 5.56 Å². The summed E-state index contributed by atoms with van der Waals surface area (Å²) in [5.74, 6) is -0.553. The van der Waals surface area contributed by atoms with Crippen LogP contribution in [0.25, 0.3) is 0 Å². The smallest absolute Gasteiger partial charge is 0.328 e. The lowest BCUT2D eigenvalue weighted by Crippen LogP contribution is -2.43. The molecule has 0 saturated carbocycles. The second-order valence-corrected chi connectivity index (χ2v) is 3.86. The van der Waals surface area contributed by atoms with E-state index in [1.807, 2.05) is 30.3 Å². The quantitative estimate of drug-likeness (QED) is 0.738. The number of ether oxygens (including phenoxy) is 1. The molecule has 4 nitrogen and oxygen atoms in total. The van der Waals surface area contributed by atoms with Crippen LogP contribution in [0.2, 0.25) is 0 Å². The summed E-state index contributed by atoms with van der Waals surface area (Å²) in [6.07, 6.45) is 0.462. The minimum absolute atomic E-state index is 0.156. The highest BCUT2D eigenvalue weighted by atomic mass is 16.5. The van der Waals surface area contributed by atoms with Crippen LogP contribution in [0.5, 0.6) is 0 Å². The molecule has 0 aromatic heterocycles. The minimum atomic E-state index is -0.570. The van der Waals surface area contributed by atoms with E-state index in [0.29, 0.717) is 6.42 Å².